The summed E-state index contributed by atoms with van der Waals surface area (Å²) in [5.41, 5.74) is 1.40. The van der Waals surface area contributed by atoms with E-state index < -0.39 is 0 Å². The molecule has 0 atom stereocenters. The minimum absolute atomic E-state index is 0.0216. The van der Waals surface area contributed by atoms with E-state index in [1.807, 2.05) is 0 Å². The van der Waals surface area contributed by atoms with Gasteiger partial charge in [-0.15, -0.1) is 0 Å². The molecule has 0 unspecified atom stereocenters. The van der Waals surface area contributed by atoms with E-state index in [1.165, 1.54) is 0 Å². The molecule has 0 radical (unpaired) electrons. The van der Waals surface area contributed by atoms with Crippen LogP contribution in [0.5, 0.6) is 0 Å². The molecule has 106 valence electrons. The van der Waals surface area contributed by atoms with Crippen LogP contribution in [0.4, 0.5) is 5.69 Å². The number of morpholine rings is 1. The zero-order valence-corrected chi connectivity index (χ0v) is 11.3. The van der Waals surface area contributed by atoms with E-state index in [-0.39, 0.29) is 17.7 Å². The van der Waals surface area contributed by atoms with Crippen molar-refractivity contribution in [2.24, 2.45) is 5.92 Å². The average Bonchev–Trinajstić information content (AvgIpc) is 3.33. The number of amides is 2. The summed E-state index contributed by atoms with van der Waals surface area (Å²) in [5, 5.41) is 2.87. The number of nitrogens with zero attached hydrogens (tertiary/aromatic N) is 1. The Hall–Kier alpha value is -1.88. The smallest absolute Gasteiger partial charge is 0.254 e. The topological polar surface area (TPSA) is 58.6 Å². The first-order valence-electron chi connectivity index (χ1n) is 7.02. The van der Waals surface area contributed by atoms with Gasteiger partial charge in [0.25, 0.3) is 5.91 Å². The molecule has 2 aliphatic rings. The third kappa shape index (κ3) is 2.99. The van der Waals surface area contributed by atoms with Crippen LogP contribution in [-0.2, 0) is 9.53 Å². The number of hydrogen-bond acceptors (Lipinski definition) is 3. The summed E-state index contributed by atoms with van der Waals surface area (Å²) in [6.07, 6.45) is 1.97. The van der Waals surface area contributed by atoms with Gasteiger partial charge in [-0.1, -0.05) is 0 Å². The van der Waals surface area contributed by atoms with E-state index in [0.717, 1.165) is 18.5 Å². The van der Waals surface area contributed by atoms with Gasteiger partial charge in [-0.2, -0.15) is 0 Å². The average molecular weight is 274 g/mol. The van der Waals surface area contributed by atoms with E-state index in [1.54, 1.807) is 29.2 Å². The first kappa shape index (κ1) is 13.1. The van der Waals surface area contributed by atoms with Crippen LogP contribution in [0.3, 0.4) is 0 Å². The summed E-state index contributed by atoms with van der Waals surface area (Å²) in [6, 6.07) is 7.10. The number of carbonyl (C=O) groups excluding carboxylic acids is 2. The molecule has 2 fully saturated rings. The molecule has 1 aromatic carbocycles. The van der Waals surface area contributed by atoms with Gasteiger partial charge >= 0.3 is 0 Å². The van der Waals surface area contributed by atoms with Crippen LogP contribution in [0.2, 0.25) is 0 Å². The molecule has 0 bridgehead atoms. The molecule has 1 heterocycles. The van der Waals surface area contributed by atoms with Gasteiger partial charge in [0.15, 0.2) is 0 Å². The number of hydrogen-bond donors (Lipinski definition) is 1. The summed E-state index contributed by atoms with van der Waals surface area (Å²) >= 11 is 0. The molecular formula is C15H18N2O3. The highest BCUT2D eigenvalue weighted by molar-refractivity contribution is 5.96. The van der Waals surface area contributed by atoms with Crippen LogP contribution in [0, 0.1) is 5.92 Å². The maximum atomic E-state index is 12.2. The quantitative estimate of drug-likeness (QED) is 0.909. The van der Waals surface area contributed by atoms with Crippen molar-refractivity contribution in [3.8, 4) is 0 Å². The minimum atomic E-state index is 0.0216. The van der Waals surface area contributed by atoms with Gasteiger partial charge < -0.3 is 15.0 Å². The fourth-order valence-corrected chi connectivity index (χ4v) is 2.23. The summed E-state index contributed by atoms with van der Waals surface area (Å²) in [4.78, 5) is 25.7. The SMILES string of the molecule is O=C(Nc1ccc(C(=O)N2CCOCC2)cc1)C1CC1. The molecule has 0 spiro atoms. The first-order valence-corrected chi connectivity index (χ1v) is 7.02. The Balaban J connectivity index is 1.62. The summed E-state index contributed by atoms with van der Waals surface area (Å²) in [5.74, 6) is 0.287. The van der Waals surface area contributed by atoms with Crippen molar-refractivity contribution in [3.05, 3.63) is 29.8 Å². The molecule has 0 aromatic heterocycles. The van der Waals surface area contributed by atoms with Crippen molar-refractivity contribution in [2.45, 2.75) is 12.8 Å². The van der Waals surface area contributed by atoms with Crippen LogP contribution in [0.1, 0.15) is 23.2 Å². The standard InChI is InChI=1S/C15H18N2O3/c18-14(11-1-2-11)16-13-5-3-12(4-6-13)15(19)17-7-9-20-10-8-17/h3-6,11H,1-2,7-10H2,(H,16,18). The second-order valence-electron chi connectivity index (χ2n) is 5.25. The number of anilines is 1. The number of carbonyl (C=O) groups is 2. The lowest BCUT2D eigenvalue weighted by molar-refractivity contribution is -0.117. The van der Waals surface area contributed by atoms with Crippen molar-refractivity contribution in [1.82, 2.24) is 4.90 Å². The van der Waals surface area contributed by atoms with Crippen LogP contribution in [0.25, 0.3) is 0 Å². The minimum Gasteiger partial charge on any atom is -0.378 e. The Morgan fingerprint density at radius 2 is 1.75 bits per heavy atom. The van der Waals surface area contributed by atoms with Crippen molar-refractivity contribution >= 4 is 17.5 Å². The summed E-state index contributed by atoms with van der Waals surface area (Å²) in [7, 11) is 0. The predicted octanol–water partition coefficient (Wildman–Crippen LogP) is 1.51. The monoisotopic (exact) mass is 274 g/mol. The van der Waals surface area contributed by atoms with E-state index in [0.29, 0.717) is 31.9 Å². The Bertz CT molecular complexity index is 502. The number of benzene rings is 1. The molecule has 1 aromatic rings. The second kappa shape index (κ2) is 5.63. The normalized spacial score (nSPS) is 18.7. The Morgan fingerprint density at radius 3 is 2.35 bits per heavy atom. The zero-order valence-electron chi connectivity index (χ0n) is 11.3. The van der Waals surface area contributed by atoms with Gasteiger partial charge in [-0.25, -0.2) is 0 Å². The number of nitrogens with one attached hydrogen (secondary N) is 1. The first-order chi connectivity index (χ1) is 9.74. The van der Waals surface area contributed by atoms with Crippen molar-refractivity contribution < 1.29 is 14.3 Å². The highest BCUT2D eigenvalue weighted by atomic mass is 16.5. The predicted molar refractivity (Wildman–Crippen MR) is 74.5 cm³/mol. The largest absolute Gasteiger partial charge is 0.378 e. The van der Waals surface area contributed by atoms with Crippen LogP contribution in [0.15, 0.2) is 24.3 Å². The van der Waals surface area contributed by atoms with Crippen molar-refractivity contribution in [2.75, 3.05) is 31.6 Å². The van der Waals surface area contributed by atoms with E-state index in [9.17, 15) is 9.59 Å². The molecule has 1 aliphatic heterocycles. The van der Waals surface area contributed by atoms with Gasteiger partial charge in [0.1, 0.15) is 0 Å². The van der Waals surface area contributed by atoms with Gasteiger partial charge in [-0.3, -0.25) is 9.59 Å². The molecule has 3 rings (SSSR count). The third-order valence-electron chi connectivity index (χ3n) is 3.65. The molecular weight excluding hydrogens is 256 g/mol. The van der Waals surface area contributed by atoms with E-state index in [4.69, 9.17) is 4.74 Å². The Labute approximate surface area is 117 Å². The fraction of sp³-hybridized carbons (Fsp3) is 0.467. The van der Waals surface area contributed by atoms with Crippen molar-refractivity contribution in [1.29, 1.82) is 0 Å². The molecule has 5 heteroatoms. The molecule has 1 saturated heterocycles. The van der Waals surface area contributed by atoms with E-state index in [2.05, 4.69) is 5.32 Å². The third-order valence-corrected chi connectivity index (χ3v) is 3.65. The summed E-state index contributed by atoms with van der Waals surface area (Å²) < 4.78 is 5.24. The van der Waals surface area contributed by atoms with Crippen LogP contribution in [-0.4, -0.2) is 43.0 Å². The second-order valence-corrected chi connectivity index (χ2v) is 5.25. The van der Waals surface area contributed by atoms with Gasteiger partial charge in [0, 0.05) is 30.3 Å². The van der Waals surface area contributed by atoms with E-state index >= 15 is 0 Å². The van der Waals surface area contributed by atoms with Crippen LogP contribution < -0.4 is 5.32 Å². The van der Waals surface area contributed by atoms with Gasteiger partial charge in [-0.05, 0) is 37.1 Å². The lowest BCUT2D eigenvalue weighted by Crippen LogP contribution is -2.40. The highest BCUT2D eigenvalue weighted by Crippen LogP contribution is 2.30. The van der Waals surface area contributed by atoms with Gasteiger partial charge in [0.05, 0.1) is 13.2 Å². The molecule has 1 saturated carbocycles. The Morgan fingerprint density at radius 1 is 1.10 bits per heavy atom. The zero-order chi connectivity index (χ0) is 13.9. The lowest BCUT2D eigenvalue weighted by Gasteiger charge is -2.26. The fourth-order valence-electron chi connectivity index (χ4n) is 2.23. The van der Waals surface area contributed by atoms with Crippen LogP contribution >= 0.6 is 0 Å². The lowest BCUT2D eigenvalue weighted by atomic mass is 10.1. The number of ether oxygens (including phenoxy) is 1. The molecule has 1 aliphatic carbocycles. The van der Waals surface area contributed by atoms with Crippen molar-refractivity contribution in [3.63, 3.8) is 0 Å². The molecule has 2 amide bonds. The maximum absolute atomic E-state index is 12.2. The highest BCUT2D eigenvalue weighted by Gasteiger charge is 2.29. The molecule has 5 nitrogen and oxygen atoms in total. The van der Waals surface area contributed by atoms with Gasteiger partial charge in [0.2, 0.25) is 5.91 Å². The Kier molecular flexibility index (Phi) is 3.69. The molecule has 20 heavy (non-hydrogen) atoms. The summed E-state index contributed by atoms with van der Waals surface area (Å²) in [6.45, 7) is 2.47. The molecule has 1 N–H and O–H groups in total. The number of rotatable bonds is 3. The maximum Gasteiger partial charge on any atom is 0.254 e.